The molecule has 2 rings (SSSR count). The van der Waals surface area contributed by atoms with Crippen molar-refractivity contribution in [3.8, 4) is 11.1 Å². The van der Waals surface area contributed by atoms with Crippen molar-refractivity contribution in [1.29, 1.82) is 0 Å². The van der Waals surface area contributed by atoms with Crippen LogP contribution in [0.2, 0.25) is 0 Å². The first-order chi connectivity index (χ1) is 9.52. The van der Waals surface area contributed by atoms with E-state index in [1.807, 2.05) is 6.07 Å². The fourth-order valence-corrected chi connectivity index (χ4v) is 2.67. The molecule has 0 heterocycles. The monoisotopic (exact) mass is 271 g/mol. The van der Waals surface area contributed by atoms with Gasteiger partial charge in [-0.25, -0.2) is 4.39 Å². The summed E-state index contributed by atoms with van der Waals surface area (Å²) in [6.07, 6.45) is 0. The third-order valence-corrected chi connectivity index (χ3v) is 3.66. The van der Waals surface area contributed by atoms with Gasteiger partial charge < -0.3 is 5.32 Å². The summed E-state index contributed by atoms with van der Waals surface area (Å²) in [6.45, 7) is 9.24. The van der Waals surface area contributed by atoms with Gasteiger partial charge in [0.1, 0.15) is 5.82 Å². The molecule has 2 heteroatoms. The number of benzene rings is 2. The van der Waals surface area contributed by atoms with Crippen molar-refractivity contribution in [1.82, 2.24) is 5.32 Å². The second-order valence-corrected chi connectivity index (χ2v) is 5.33. The Kier molecular flexibility index (Phi) is 4.56. The summed E-state index contributed by atoms with van der Waals surface area (Å²) in [5.74, 6) is -0.188. The second-order valence-electron chi connectivity index (χ2n) is 5.33. The van der Waals surface area contributed by atoms with Gasteiger partial charge in [-0.15, -0.1) is 0 Å². The zero-order chi connectivity index (χ0) is 14.7. The molecule has 2 aromatic carbocycles. The highest BCUT2D eigenvalue weighted by atomic mass is 19.1. The molecule has 0 amide bonds. The van der Waals surface area contributed by atoms with E-state index in [0.29, 0.717) is 0 Å². The minimum Gasteiger partial charge on any atom is -0.310 e. The average molecular weight is 271 g/mol. The summed E-state index contributed by atoms with van der Waals surface area (Å²) in [7, 11) is 0. The van der Waals surface area contributed by atoms with E-state index in [-0.39, 0.29) is 11.9 Å². The largest absolute Gasteiger partial charge is 0.310 e. The summed E-state index contributed by atoms with van der Waals surface area (Å²) in [5.41, 5.74) is 5.63. The quantitative estimate of drug-likeness (QED) is 0.843. The van der Waals surface area contributed by atoms with Crippen LogP contribution < -0.4 is 5.32 Å². The second kappa shape index (κ2) is 6.19. The maximum atomic E-state index is 13.7. The lowest BCUT2D eigenvalue weighted by atomic mass is 9.92. The molecule has 0 aliphatic carbocycles. The van der Waals surface area contributed by atoms with Gasteiger partial charge in [-0.3, -0.25) is 0 Å². The SMILES string of the molecule is CCNC(C)c1ccc(F)cc1-c1ccc(C)cc1C. The Hall–Kier alpha value is -1.67. The van der Waals surface area contributed by atoms with E-state index in [2.05, 4.69) is 51.2 Å². The predicted molar refractivity (Wildman–Crippen MR) is 83.4 cm³/mol. The molecule has 2 aromatic rings. The summed E-state index contributed by atoms with van der Waals surface area (Å²) in [6, 6.07) is 11.6. The predicted octanol–water partition coefficient (Wildman–Crippen LogP) is 4.78. The fraction of sp³-hybridized carbons (Fsp3) is 0.333. The highest BCUT2D eigenvalue weighted by molar-refractivity contribution is 5.71. The van der Waals surface area contributed by atoms with E-state index in [9.17, 15) is 4.39 Å². The summed E-state index contributed by atoms with van der Waals surface area (Å²) in [5, 5.41) is 3.40. The van der Waals surface area contributed by atoms with Crippen LogP contribution in [0.1, 0.15) is 36.6 Å². The molecule has 0 saturated carbocycles. The molecule has 1 atom stereocenters. The van der Waals surface area contributed by atoms with Crippen molar-refractivity contribution < 1.29 is 4.39 Å². The number of rotatable bonds is 4. The van der Waals surface area contributed by atoms with Gasteiger partial charge in [0.25, 0.3) is 0 Å². The number of hydrogen-bond donors (Lipinski definition) is 1. The fourth-order valence-electron chi connectivity index (χ4n) is 2.67. The van der Waals surface area contributed by atoms with Gasteiger partial charge in [0, 0.05) is 6.04 Å². The molecule has 0 fully saturated rings. The van der Waals surface area contributed by atoms with Crippen molar-refractivity contribution in [3.63, 3.8) is 0 Å². The molecule has 0 aromatic heterocycles. The van der Waals surface area contributed by atoms with Gasteiger partial charge in [-0.2, -0.15) is 0 Å². The molecule has 0 bridgehead atoms. The molecular weight excluding hydrogens is 249 g/mol. The third kappa shape index (κ3) is 3.07. The topological polar surface area (TPSA) is 12.0 Å². The van der Waals surface area contributed by atoms with E-state index in [1.54, 1.807) is 6.07 Å². The van der Waals surface area contributed by atoms with Crippen LogP contribution in [0.15, 0.2) is 36.4 Å². The van der Waals surface area contributed by atoms with E-state index >= 15 is 0 Å². The highest BCUT2D eigenvalue weighted by Gasteiger charge is 2.13. The first-order valence-electron chi connectivity index (χ1n) is 7.13. The van der Waals surface area contributed by atoms with Crippen LogP contribution in [0.3, 0.4) is 0 Å². The van der Waals surface area contributed by atoms with Crippen molar-refractivity contribution in [2.45, 2.75) is 33.7 Å². The van der Waals surface area contributed by atoms with Crippen molar-refractivity contribution in [2.75, 3.05) is 6.54 Å². The molecule has 0 spiro atoms. The van der Waals surface area contributed by atoms with E-state index in [4.69, 9.17) is 0 Å². The van der Waals surface area contributed by atoms with Crippen molar-refractivity contribution in [3.05, 3.63) is 58.9 Å². The molecular formula is C18H22FN. The molecule has 1 nitrogen and oxygen atoms in total. The van der Waals surface area contributed by atoms with Crippen molar-refractivity contribution >= 4 is 0 Å². The highest BCUT2D eigenvalue weighted by Crippen LogP contribution is 2.31. The van der Waals surface area contributed by atoms with Crippen LogP contribution in [0.25, 0.3) is 11.1 Å². The Balaban J connectivity index is 2.56. The van der Waals surface area contributed by atoms with Gasteiger partial charge in [0.05, 0.1) is 0 Å². The minimum absolute atomic E-state index is 0.188. The van der Waals surface area contributed by atoms with Crippen LogP contribution in [-0.4, -0.2) is 6.54 Å². The first kappa shape index (κ1) is 14.7. The van der Waals surface area contributed by atoms with Crippen LogP contribution in [-0.2, 0) is 0 Å². The van der Waals surface area contributed by atoms with Gasteiger partial charge in [-0.1, -0.05) is 36.8 Å². The lowest BCUT2D eigenvalue weighted by molar-refractivity contribution is 0.593. The van der Waals surface area contributed by atoms with E-state index < -0.39 is 0 Å². The van der Waals surface area contributed by atoms with Crippen LogP contribution >= 0.6 is 0 Å². The summed E-state index contributed by atoms with van der Waals surface area (Å²) >= 11 is 0. The Morgan fingerprint density at radius 2 is 1.80 bits per heavy atom. The maximum absolute atomic E-state index is 13.7. The van der Waals surface area contributed by atoms with Crippen LogP contribution in [0, 0.1) is 19.7 Å². The number of halogens is 1. The van der Waals surface area contributed by atoms with Gasteiger partial charge in [0.15, 0.2) is 0 Å². The molecule has 1 N–H and O–H groups in total. The summed E-state index contributed by atoms with van der Waals surface area (Å²) in [4.78, 5) is 0. The van der Waals surface area contributed by atoms with E-state index in [0.717, 1.165) is 23.2 Å². The number of nitrogens with one attached hydrogen (secondary N) is 1. The average Bonchev–Trinajstić information content (AvgIpc) is 2.38. The molecule has 0 aliphatic rings. The maximum Gasteiger partial charge on any atom is 0.123 e. The number of aryl methyl sites for hydroxylation is 2. The van der Waals surface area contributed by atoms with Crippen LogP contribution in [0.5, 0.6) is 0 Å². The molecule has 106 valence electrons. The minimum atomic E-state index is -0.188. The Bertz CT molecular complexity index is 604. The molecule has 20 heavy (non-hydrogen) atoms. The van der Waals surface area contributed by atoms with Gasteiger partial charge in [-0.05, 0) is 61.7 Å². The van der Waals surface area contributed by atoms with Crippen LogP contribution in [0.4, 0.5) is 4.39 Å². The molecule has 0 saturated heterocycles. The Labute approximate surface area is 120 Å². The van der Waals surface area contributed by atoms with Gasteiger partial charge >= 0.3 is 0 Å². The Morgan fingerprint density at radius 1 is 1.05 bits per heavy atom. The zero-order valence-electron chi connectivity index (χ0n) is 12.6. The molecule has 1 unspecified atom stereocenters. The summed E-state index contributed by atoms with van der Waals surface area (Å²) < 4.78 is 13.7. The molecule has 0 radical (unpaired) electrons. The normalized spacial score (nSPS) is 12.4. The smallest absolute Gasteiger partial charge is 0.123 e. The van der Waals surface area contributed by atoms with E-state index in [1.165, 1.54) is 17.2 Å². The Morgan fingerprint density at radius 3 is 2.45 bits per heavy atom. The zero-order valence-corrected chi connectivity index (χ0v) is 12.6. The standard InChI is InChI=1S/C18H22FN/c1-5-20-14(4)17-9-7-15(19)11-18(17)16-8-6-12(2)10-13(16)3/h6-11,14,20H,5H2,1-4H3. The first-order valence-corrected chi connectivity index (χ1v) is 7.13. The third-order valence-electron chi connectivity index (χ3n) is 3.66. The van der Waals surface area contributed by atoms with Gasteiger partial charge in [0.2, 0.25) is 0 Å². The van der Waals surface area contributed by atoms with Crippen molar-refractivity contribution in [2.24, 2.45) is 0 Å². The number of hydrogen-bond acceptors (Lipinski definition) is 1. The lowest BCUT2D eigenvalue weighted by Gasteiger charge is -2.19. The molecule has 0 aliphatic heterocycles. The lowest BCUT2D eigenvalue weighted by Crippen LogP contribution is -2.18.